The number of halogens is 1. The van der Waals surface area contributed by atoms with Crippen LogP contribution in [0.15, 0.2) is 47.3 Å². The van der Waals surface area contributed by atoms with E-state index in [2.05, 4.69) is 15.3 Å². The van der Waals surface area contributed by atoms with E-state index >= 15 is 0 Å². The maximum absolute atomic E-state index is 13.9. The van der Waals surface area contributed by atoms with Gasteiger partial charge in [-0.2, -0.15) is 0 Å². The first-order valence-electron chi connectivity index (χ1n) is 8.08. The Labute approximate surface area is 144 Å². The molecule has 0 bridgehead atoms. The number of ether oxygens (including phenoxy) is 1. The average molecular weight is 341 g/mol. The predicted octanol–water partition coefficient (Wildman–Crippen LogP) is 3.48. The first-order valence-corrected chi connectivity index (χ1v) is 8.08. The number of methoxy groups -OCH3 is 1. The van der Waals surface area contributed by atoms with Crippen molar-refractivity contribution < 1.29 is 9.13 Å². The van der Waals surface area contributed by atoms with Gasteiger partial charge in [0.1, 0.15) is 5.82 Å². The van der Waals surface area contributed by atoms with Crippen molar-refractivity contribution >= 4 is 10.9 Å². The van der Waals surface area contributed by atoms with Crippen molar-refractivity contribution in [2.24, 2.45) is 0 Å². The topological polar surface area (TPSA) is 67.0 Å². The van der Waals surface area contributed by atoms with E-state index in [1.807, 2.05) is 32.0 Å². The van der Waals surface area contributed by atoms with E-state index in [0.29, 0.717) is 16.7 Å². The molecule has 25 heavy (non-hydrogen) atoms. The van der Waals surface area contributed by atoms with E-state index in [-0.39, 0.29) is 23.4 Å². The zero-order valence-corrected chi connectivity index (χ0v) is 14.3. The molecule has 3 aromatic rings. The summed E-state index contributed by atoms with van der Waals surface area (Å²) >= 11 is 0. The van der Waals surface area contributed by atoms with Gasteiger partial charge in [0.15, 0.2) is 11.6 Å². The Morgan fingerprint density at radius 3 is 2.64 bits per heavy atom. The van der Waals surface area contributed by atoms with Crippen molar-refractivity contribution in [1.29, 1.82) is 0 Å². The third-order valence-electron chi connectivity index (χ3n) is 4.22. The van der Waals surface area contributed by atoms with E-state index in [1.165, 1.54) is 13.2 Å². The molecule has 0 saturated heterocycles. The molecule has 1 heterocycles. The number of nitrogens with zero attached hydrogens (tertiary/aromatic N) is 1. The van der Waals surface area contributed by atoms with Crippen molar-refractivity contribution in [3.05, 3.63) is 70.0 Å². The lowest BCUT2D eigenvalue weighted by Gasteiger charge is -2.20. The fourth-order valence-corrected chi connectivity index (χ4v) is 2.81. The number of rotatable bonds is 5. The monoisotopic (exact) mass is 341 g/mol. The number of para-hydroxylation sites is 1. The largest absolute Gasteiger partial charge is 0.494 e. The van der Waals surface area contributed by atoms with Crippen LogP contribution in [0.2, 0.25) is 0 Å². The Morgan fingerprint density at radius 2 is 1.92 bits per heavy atom. The number of aromatic nitrogens is 2. The Balaban J connectivity index is 1.83. The van der Waals surface area contributed by atoms with Gasteiger partial charge in [-0.25, -0.2) is 9.37 Å². The second kappa shape index (κ2) is 7.03. The summed E-state index contributed by atoms with van der Waals surface area (Å²) in [4.78, 5) is 19.5. The highest BCUT2D eigenvalue weighted by atomic mass is 19.1. The quantitative estimate of drug-likeness (QED) is 0.745. The standard InChI is InChI=1S/C19H20FN3O2/c1-11(13-8-9-17(25-3)15(20)10-13)21-12(2)18-22-16-7-5-4-6-14(16)19(24)23-18/h4-12,21H,1-3H3,(H,22,23,24)/t11-,12+/m1/s1. The van der Waals surface area contributed by atoms with Gasteiger partial charge in [-0.15, -0.1) is 0 Å². The fourth-order valence-electron chi connectivity index (χ4n) is 2.81. The highest BCUT2D eigenvalue weighted by molar-refractivity contribution is 5.77. The average Bonchev–Trinajstić information content (AvgIpc) is 2.61. The summed E-state index contributed by atoms with van der Waals surface area (Å²) in [5, 5.41) is 3.89. The number of hydrogen-bond acceptors (Lipinski definition) is 4. The molecule has 2 aromatic carbocycles. The van der Waals surface area contributed by atoms with Crippen molar-refractivity contribution in [3.8, 4) is 5.75 Å². The second-order valence-corrected chi connectivity index (χ2v) is 5.97. The van der Waals surface area contributed by atoms with Gasteiger partial charge in [0.2, 0.25) is 0 Å². The van der Waals surface area contributed by atoms with E-state index < -0.39 is 5.82 Å². The lowest BCUT2D eigenvalue weighted by atomic mass is 10.1. The Hall–Kier alpha value is -2.73. The highest BCUT2D eigenvalue weighted by Crippen LogP contribution is 2.23. The van der Waals surface area contributed by atoms with Gasteiger partial charge >= 0.3 is 0 Å². The van der Waals surface area contributed by atoms with Crippen LogP contribution < -0.4 is 15.6 Å². The molecule has 0 unspecified atom stereocenters. The van der Waals surface area contributed by atoms with Gasteiger partial charge in [0.05, 0.1) is 24.1 Å². The molecule has 1 aromatic heterocycles. The summed E-state index contributed by atoms with van der Waals surface area (Å²) in [5.74, 6) is 0.354. The summed E-state index contributed by atoms with van der Waals surface area (Å²) < 4.78 is 18.8. The van der Waals surface area contributed by atoms with Crippen molar-refractivity contribution in [2.45, 2.75) is 25.9 Å². The van der Waals surface area contributed by atoms with E-state index in [1.54, 1.807) is 18.2 Å². The molecule has 2 N–H and O–H groups in total. The van der Waals surface area contributed by atoms with E-state index in [4.69, 9.17) is 4.74 Å². The molecule has 0 spiro atoms. The van der Waals surface area contributed by atoms with Crippen LogP contribution in [-0.2, 0) is 0 Å². The summed E-state index contributed by atoms with van der Waals surface area (Å²) in [6, 6.07) is 11.7. The lowest BCUT2D eigenvalue weighted by Crippen LogP contribution is -2.26. The third kappa shape index (κ3) is 3.53. The van der Waals surface area contributed by atoms with Crippen LogP contribution in [-0.4, -0.2) is 17.1 Å². The van der Waals surface area contributed by atoms with E-state index in [9.17, 15) is 9.18 Å². The maximum atomic E-state index is 13.9. The highest BCUT2D eigenvalue weighted by Gasteiger charge is 2.16. The molecule has 0 aliphatic rings. The molecule has 0 amide bonds. The zero-order chi connectivity index (χ0) is 18.0. The molecule has 0 fully saturated rings. The molecule has 0 aliphatic heterocycles. The Kier molecular flexibility index (Phi) is 4.81. The molecule has 2 atom stereocenters. The molecule has 3 rings (SSSR count). The number of benzene rings is 2. The number of hydrogen-bond donors (Lipinski definition) is 2. The van der Waals surface area contributed by atoms with Crippen LogP contribution in [0, 0.1) is 5.82 Å². The normalized spacial score (nSPS) is 13.6. The zero-order valence-electron chi connectivity index (χ0n) is 14.3. The lowest BCUT2D eigenvalue weighted by molar-refractivity contribution is 0.385. The Morgan fingerprint density at radius 1 is 1.16 bits per heavy atom. The van der Waals surface area contributed by atoms with Crippen LogP contribution in [0.4, 0.5) is 4.39 Å². The van der Waals surface area contributed by atoms with Gasteiger partial charge in [-0.3, -0.25) is 4.79 Å². The fraction of sp³-hybridized carbons (Fsp3) is 0.263. The number of aromatic amines is 1. The summed E-state index contributed by atoms with van der Waals surface area (Å²) in [6.45, 7) is 3.83. The van der Waals surface area contributed by atoms with Crippen molar-refractivity contribution in [2.75, 3.05) is 7.11 Å². The third-order valence-corrected chi connectivity index (χ3v) is 4.22. The number of fused-ring (bicyclic) bond motifs is 1. The van der Waals surface area contributed by atoms with Gasteiger partial charge in [0.25, 0.3) is 5.56 Å². The predicted molar refractivity (Wildman–Crippen MR) is 95.3 cm³/mol. The van der Waals surface area contributed by atoms with Crippen LogP contribution in [0.25, 0.3) is 10.9 Å². The molecular formula is C19H20FN3O2. The molecule has 5 nitrogen and oxygen atoms in total. The Bertz CT molecular complexity index is 955. The summed E-state index contributed by atoms with van der Waals surface area (Å²) in [7, 11) is 1.43. The molecule has 130 valence electrons. The van der Waals surface area contributed by atoms with Crippen LogP contribution >= 0.6 is 0 Å². The minimum Gasteiger partial charge on any atom is -0.494 e. The van der Waals surface area contributed by atoms with Gasteiger partial charge in [-0.05, 0) is 43.7 Å². The SMILES string of the molecule is COc1ccc([C@@H](C)N[C@@H](C)c2nc3ccccc3c(=O)[nH]2)cc1F. The molecule has 0 aliphatic carbocycles. The number of nitrogens with one attached hydrogen (secondary N) is 2. The second-order valence-electron chi connectivity index (χ2n) is 5.97. The van der Waals surface area contributed by atoms with Gasteiger partial charge < -0.3 is 15.0 Å². The number of H-pyrrole nitrogens is 1. The minimum atomic E-state index is -0.404. The molecular weight excluding hydrogens is 321 g/mol. The van der Waals surface area contributed by atoms with Crippen molar-refractivity contribution in [1.82, 2.24) is 15.3 Å². The van der Waals surface area contributed by atoms with Crippen LogP contribution in [0.1, 0.15) is 37.3 Å². The molecule has 6 heteroatoms. The van der Waals surface area contributed by atoms with Gasteiger partial charge in [0, 0.05) is 6.04 Å². The van der Waals surface area contributed by atoms with Crippen molar-refractivity contribution in [3.63, 3.8) is 0 Å². The smallest absolute Gasteiger partial charge is 0.258 e. The van der Waals surface area contributed by atoms with E-state index in [0.717, 1.165) is 5.56 Å². The summed E-state index contributed by atoms with van der Waals surface area (Å²) in [6.07, 6.45) is 0. The van der Waals surface area contributed by atoms with Crippen LogP contribution in [0.5, 0.6) is 5.75 Å². The van der Waals surface area contributed by atoms with Gasteiger partial charge in [-0.1, -0.05) is 18.2 Å². The maximum Gasteiger partial charge on any atom is 0.258 e. The summed E-state index contributed by atoms with van der Waals surface area (Å²) in [5.41, 5.74) is 1.27. The molecule has 0 saturated carbocycles. The first kappa shape index (κ1) is 17.1. The minimum absolute atomic E-state index is 0.132. The van der Waals surface area contributed by atoms with Crippen LogP contribution in [0.3, 0.4) is 0 Å². The molecule has 0 radical (unpaired) electrons. The first-order chi connectivity index (χ1) is 12.0.